The zero-order chi connectivity index (χ0) is 11.4. The standard InChI is InChI=1S/C12H16IO2P/c1-2-12(7-14-8-12)9-15-10-3-5-11(16-13)6-4-10/h3-6,16H,2,7-9H2,1H3. The van der Waals surface area contributed by atoms with E-state index >= 15 is 0 Å². The number of halogens is 1. The lowest BCUT2D eigenvalue weighted by Crippen LogP contribution is -2.46. The first-order valence-corrected chi connectivity index (χ1v) is 9.57. The van der Waals surface area contributed by atoms with Crippen LogP contribution in [-0.2, 0) is 4.74 Å². The van der Waals surface area contributed by atoms with Crippen LogP contribution in [0.4, 0.5) is 0 Å². The normalized spacial score (nSPS) is 18.6. The molecule has 1 aliphatic rings. The highest BCUT2D eigenvalue weighted by atomic mass is 127. The van der Waals surface area contributed by atoms with Crippen molar-refractivity contribution in [1.82, 2.24) is 0 Å². The molecule has 0 amide bonds. The van der Waals surface area contributed by atoms with Crippen LogP contribution in [0, 0.1) is 5.41 Å². The molecule has 16 heavy (non-hydrogen) atoms. The first kappa shape index (κ1) is 12.6. The molecule has 1 aliphatic heterocycles. The summed E-state index contributed by atoms with van der Waals surface area (Å²) >= 11 is 2.39. The molecule has 2 rings (SSSR count). The van der Waals surface area contributed by atoms with Crippen LogP contribution < -0.4 is 10.0 Å². The van der Waals surface area contributed by atoms with E-state index in [1.807, 2.05) is 0 Å². The van der Waals surface area contributed by atoms with Crippen LogP contribution in [0.3, 0.4) is 0 Å². The summed E-state index contributed by atoms with van der Waals surface area (Å²) in [7, 11) is 0. The van der Waals surface area contributed by atoms with Crippen molar-refractivity contribution in [2.45, 2.75) is 13.3 Å². The third kappa shape index (κ3) is 2.88. The fourth-order valence-electron chi connectivity index (χ4n) is 1.63. The average Bonchev–Trinajstić information content (AvgIpc) is 2.29. The Morgan fingerprint density at radius 3 is 2.50 bits per heavy atom. The monoisotopic (exact) mass is 350 g/mol. The van der Waals surface area contributed by atoms with Crippen molar-refractivity contribution in [1.29, 1.82) is 0 Å². The highest BCUT2D eigenvalue weighted by Gasteiger charge is 2.37. The van der Waals surface area contributed by atoms with E-state index in [2.05, 4.69) is 53.2 Å². The molecule has 88 valence electrons. The molecule has 1 saturated heterocycles. The van der Waals surface area contributed by atoms with E-state index in [1.165, 1.54) is 5.30 Å². The van der Waals surface area contributed by atoms with Crippen molar-refractivity contribution in [3.63, 3.8) is 0 Å². The van der Waals surface area contributed by atoms with Crippen LogP contribution in [0.5, 0.6) is 5.75 Å². The summed E-state index contributed by atoms with van der Waals surface area (Å²) < 4.78 is 11.1. The van der Waals surface area contributed by atoms with Gasteiger partial charge in [-0.1, -0.05) is 41.1 Å². The zero-order valence-electron chi connectivity index (χ0n) is 9.33. The first-order chi connectivity index (χ1) is 7.78. The molecule has 1 fully saturated rings. The molecular formula is C12H16IO2P. The summed E-state index contributed by atoms with van der Waals surface area (Å²) in [5, 5.41) is 1.37. The third-order valence-corrected chi connectivity index (χ3v) is 5.49. The lowest BCUT2D eigenvalue weighted by atomic mass is 9.84. The summed E-state index contributed by atoms with van der Waals surface area (Å²) in [5.41, 5.74) is 0.268. The molecule has 1 aromatic rings. The molecule has 1 aromatic carbocycles. The van der Waals surface area contributed by atoms with Gasteiger partial charge in [-0.25, -0.2) is 0 Å². The van der Waals surface area contributed by atoms with Crippen LogP contribution in [0.25, 0.3) is 0 Å². The maximum absolute atomic E-state index is 5.82. The van der Waals surface area contributed by atoms with E-state index in [0.29, 0.717) is 0 Å². The summed E-state index contributed by atoms with van der Waals surface area (Å²) in [5.74, 6) is 0.970. The summed E-state index contributed by atoms with van der Waals surface area (Å²) in [6.45, 7) is 4.66. The van der Waals surface area contributed by atoms with Gasteiger partial charge in [-0.3, -0.25) is 0 Å². The van der Waals surface area contributed by atoms with Gasteiger partial charge in [0, 0.05) is 0 Å². The average molecular weight is 350 g/mol. The van der Waals surface area contributed by atoms with Crippen molar-refractivity contribution >= 4 is 33.6 Å². The molecule has 0 N–H and O–H groups in total. The number of hydrogen-bond acceptors (Lipinski definition) is 2. The van der Waals surface area contributed by atoms with Gasteiger partial charge in [0.25, 0.3) is 0 Å². The molecule has 0 saturated carbocycles. The Morgan fingerprint density at radius 2 is 2.06 bits per heavy atom. The van der Waals surface area contributed by atoms with Crippen LogP contribution in [0.1, 0.15) is 13.3 Å². The Balaban J connectivity index is 1.89. The summed E-state index contributed by atoms with van der Waals surface area (Å²) in [6, 6.07) is 8.39. The Kier molecular flexibility index (Phi) is 4.45. The number of benzene rings is 1. The molecule has 0 aromatic heterocycles. The number of ether oxygens (including phenoxy) is 2. The van der Waals surface area contributed by atoms with Gasteiger partial charge in [-0.05, 0) is 30.1 Å². The predicted molar refractivity (Wildman–Crippen MR) is 77.4 cm³/mol. The van der Waals surface area contributed by atoms with Gasteiger partial charge in [0.1, 0.15) is 5.75 Å². The van der Waals surface area contributed by atoms with Gasteiger partial charge in [0.2, 0.25) is 0 Å². The maximum atomic E-state index is 5.82. The molecule has 0 bridgehead atoms. The van der Waals surface area contributed by atoms with Gasteiger partial charge >= 0.3 is 0 Å². The molecule has 4 heteroatoms. The van der Waals surface area contributed by atoms with E-state index in [4.69, 9.17) is 9.47 Å². The minimum Gasteiger partial charge on any atom is -0.493 e. The van der Waals surface area contributed by atoms with E-state index < -0.39 is 0 Å². The Labute approximate surface area is 111 Å². The minimum atomic E-state index is 0.268. The fraction of sp³-hybridized carbons (Fsp3) is 0.500. The van der Waals surface area contributed by atoms with Crippen molar-refractivity contribution in [2.75, 3.05) is 19.8 Å². The molecule has 0 aliphatic carbocycles. The molecule has 1 unspecified atom stereocenters. The quantitative estimate of drug-likeness (QED) is 0.600. The Morgan fingerprint density at radius 1 is 1.38 bits per heavy atom. The van der Waals surface area contributed by atoms with Crippen molar-refractivity contribution in [2.24, 2.45) is 5.41 Å². The zero-order valence-corrected chi connectivity index (χ0v) is 12.5. The van der Waals surface area contributed by atoms with Crippen LogP contribution >= 0.6 is 28.3 Å². The highest BCUT2D eigenvalue weighted by Crippen LogP contribution is 2.32. The van der Waals surface area contributed by atoms with Gasteiger partial charge < -0.3 is 9.47 Å². The Bertz CT molecular complexity index is 330. The van der Waals surface area contributed by atoms with Crippen molar-refractivity contribution in [3.05, 3.63) is 24.3 Å². The van der Waals surface area contributed by atoms with E-state index in [1.54, 1.807) is 0 Å². The topological polar surface area (TPSA) is 18.5 Å². The van der Waals surface area contributed by atoms with Gasteiger partial charge in [-0.2, -0.15) is 0 Å². The second kappa shape index (κ2) is 5.65. The van der Waals surface area contributed by atoms with Crippen LogP contribution in [-0.4, -0.2) is 19.8 Å². The predicted octanol–water partition coefficient (Wildman–Crippen LogP) is 3.15. The van der Waals surface area contributed by atoms with Gasteiger partial charge in [0.15, 0.2) is 0 Å². The summed E-state index contributed by atoms with van der Waals surface area (Å²) in [6.07, 6.45) is 1.95. The largest absolute Gasteiger partial charge is 0.493 e. The summed E-state index contributed by atoms with van der Waals surface area (Å²) in [4.78, 5) is 0. The Hall–Kier alpha value is 0.140. The first-order valence-electron chi connectivity index (χ1n) is 5.45. The maximum Gasteiger partial charge on any atom is 0.119 e. The number of rotatable bonds is 5. The second-order valence-corrected chi connectivity index (χ2v) is 6.64. The molecule has 1 atom stereocenters. The number of hydrogen-bond donors (Lipinski definition) is 0. The van der Waals surface area contributed by atoms with E-state index in [9.17, 15) is 0 Å². The van der Waals surface area contributed by atoms with Gasteiger partial charge in [-0.15, -0.1) is 0 Å². The lowest BCUT2D eigenvalue weighted by Gasteiger charge is -2.40. The molecule has 2 nitrogen and oxygen atoms in total. The SMILES string of the molecule is CCC1(COc2ccc(PI)cc2)COC1. The molecular weight excluding hydrogens is 334 g/mol. The van der Waals surface area contributed by atoms with Crippen molar-refractivity contribution in [3.8, 4) is 5.75 Å². The lowest BCUT2D eigenvalue weighted by molar-refractivity contribution is -0.133. The smallest absolute Gasteiger partial charge is 0.119 e. The fourth-order valence-corrected chi connectivity index (χ4v) is 3.00. The van der Waals surface area contributed by atoms with E-state index in [0.717, 1.165) is 38.2 Å². The molecule has 0 spiro atoms. The molecule has 1 heterocycles. The second-order valence-electron chi connectivity index (χ2n) is 4.25. The van der Waals surface area contributed by atoms with E-state index in [-0.39, 0.29) is 5.41 Å². The van der Waals surface area contributed by atoms with Crippen molar-refractivity contribution < 1.29 is 9.47 Å². The third-order valence-electron chi connectivity index (χ3n) is 3.07. The minimum absolute atomic E-state index is 0.268. The highest BCUT2D eigenvalue weighted by molar-refractivity contribution is 14.2. The van der Waals surface area contributed by atoms with Crippen LogP contribution in [0.15, 0.2) is 24.3 Å². The van der Waals surface area contributed by atoms with Crippen LogP contribution in [0.2, 0.25) is 0 Å². The molecule has 0 radical (unpaired) electrons. The van der Waals surface area contributed by atoms with Gasteiger partial charge in [0.05, 0.1) is 25.2 Å².